The van der Waals surface area contributed by atoms with Crippen LogP contribution in [0.25, 0.3) is 0 Å². The van der Waals surface area contributed by atoms with Gasteiger partial charge in [0.15, 0.2) is 0 Å². The van der Waals surface area contributed by atoms with Gasteiger partial charge in [-0.2, -0.15) is 0 Å². The largest absolute Gasteiger partial charge is 0.457 e. The Morgan fingerprint density at radius 3 is 2.70 bits per heavy atom. The summed E-state index contributed by atoms with van der Waals surface area (Å²) < 4.78 is 20.1. The minimum atomic E-state index is -0.505. The van der Waals surface area contributed by atoms with Gasteiger partial charge in [-0.3, -0.25) is 0 Å². The maximum Gasteiger partial charge on any atom is 0.145 e. The van der Waals surface area contributed by atoms with Crippen molar-refractivity contribution in [3.63, 3.8) is 0 Å². The molecule has 2 aromatic carbocycles. The summed E-state index contributed by atoms with van der Waals surface area (Å²) in [5.41, 5.74) is 6.80. The fourth-order valence-electron chi connectivity index (χ4n) is 1.82. The number of benzene rings is 2. The van der Waals surface area contributed by atoms with Crippen molar-refractivity contribution in [1.29, 1.82) is 0 Å². The third-order valence-electron chi connectivity index (χ3n) is 2.68. The Labute approximate surface area is 130 Å². The topological polar surface area (TPSA) is 35.2 Å². The van der Waals surface area contributed by atoms with Gasteiger partial charge in [-0.15, -0.1) is 0 Å². The summed E-state index contributed by atoms with van der Waals surface area (Å²) in [5, 5.41) is 0.0731. The fraction of sp³-hybridized carbons (Fsp3) is 0.200. The first kappa shape index (κ1) is 15.3. The van der Waals surface area contributed by atoms with Crippen molar-refractivity contribution < 1.29 is 9.13 Å². The zero-order valence-corrected chi connectivity index (χ0v) is 13.2. The molecular formula is C15H14BrClFNO. The summed E-state index contributed by atoms with van der Waals surface area (Å²) in [6.45, 7) is 1.92. The van der Waals surface area contributed by atoms with Crippen LogP contribution in [0, 0.1) is 5.82 Å². The van der Waals surface area contributed by atoms with Crippen LogP contribution in [0.4, 0.5) is 4.39 Å². The van der Waals surface area contributed by atoms with E-state index in [4.69, 9.17) is 22.1 Å². The Morgan fingerprint density at radius 1 is 1.30 bits per heavy atom. The highest BCUT2D eigenvalue weighted by Crippen LogP contribution is 2.30. The number of rotatable bonds is 4. The lowest BCUT2D eigenvalue weighted by Gasteiger charge is -2.13. The van der Waals surface area contributed by atoms with Gasteiger partial charge in [0.1, 0.15) is 17.3 Å². The Bertz CT molecular complexity index is 619. The Balaban J connectivity index is 2.30. The Morgan fingerprint density at radius 2 is 2.05 bits per heavy atom. The van der Waals surface area contributed by atoms with Gasteiger partial charge in [0.05, 0.1) is 5.02 Å². The maximum absolute atomic E-state index is 13.4. The van der Waals surface area contributed by atoms with Gasteiger partial charge in [0.2, 0.25) is 0 Å². The molecule has 0 aliphatic carbocycles. The van der Waals surface area contributed by atoms with Crippen LogP contribution < -0.4 is 10.5 Å². The van der Waals surface area contributed by atoms with Crippen molar-refractivity contribution in [3.8, 4) is 11.5 Å². The molecule has 2 N–H and O–H groups in total. The van der Waals surface area contributed by atoms with E-state index < -0.39 is 5.82 Å². The quantitative estimate of drug-likeness (QED) is 0.841. The van der Waals surface area contributed by atoms with Crippen LogP contribution >= 0.6 is 27.5 Å². The van der Waals surface area contributed by atoms with Crippen LogP contribution in [0.1, 0.15) is 12.5 Å². The van der Waals surface area contributed by atoms with Gasteiger partial charge in [0, 0.05) is 16.6 Å². The first-order chi connectivity index (χ1) is 9.45. The van der Waals surface area contributed by atoms with Crippen molar-refractivity contribution in [2.24, 2.45) is 5.73 Å². The van der Waals surface area contributed by atoms with E-state index in [0.29, 0.717) is 17.9 Å². The Hall–Kier alpha value is -1.10. The van der Waals surface area contributed by atoms with Gasteiger partial charge < -0.3 is 10.5 Å². The molecule has 2 aromatic rings. The third kappa shape index (κ3) is 3.95. The zero-order chi connectivity index (χ0) is 14.7. The van der Waals surface area contributed by atoms with E-state index in [1.54, 1.807) is 6.07 Å². The highest BCUT2D eigenvalue weighted by atomic mass is 79.9. The van der Waals surface area contributed by atoms with Crippen LogP contribution in [-0.2, 0) is 6.42 Å². The van der Waals surface area contributed by atoms with E-state index in [0.717, 1.165) is 10.0 Å². The van der Waals surface area contributed by atoms with Gasteiger partial charge in [-0.05, 0) is 49.2 Å². The summed E-state index contributed by atoms with van der Waals surface area (Å²) in [6.07, 6.45) is 0.671. The lowest BCUT2D eigenvalue weighted by molar-refractivity contribution is 0.468. The summed E-state index contributed by atoms with van der Waals surface area (Å²) in [7, 11) is 0. The molecule has 5 heteroatoms. The summed E-state index contributed by atoms with van der Waals surface area (Å²) in [6, 6.07) is 10.0. The number of hydrogen-bond acceptors (Lipinski definition) is 2. The fourth-order valence-corrected chi connectivity index (χ4v) is 2.35. The summed E-state index contributed by atoms with van der Waals surface area (Å²) in [4.78, 5) is 0. The predicted molar refractivity (Wildman–Crippen MR) is 83.0 cm³/mol. The van der Waals surface area contributed by atoms with Crippen molar-refractivity contribution >= 4 is 27.5 Å². The van der Waals surface area contributed by atoms with E-state index in [2.05, 4.69) is 15.9 Å². The minimum Gasteiger partial charge on any atom is -0.457 e. The highest BCUT2D eigenvalue weighted by molar-refractivity contribution is 9.10. The molecule has 0 fully saturated rings. The summed E-state index contributed by atoms with van der Waals surface area (Å²) >= 11 is 9.07. The molecule has 0 heterocycles. The first-order valence-corrected chi connectivity index (χ1v) is 7.29. The van der Waals surface area contributed by atoms with Crippen LogP contribution in [0.15, 0.2) is 40.9 Å². The molecule has 0 aromatic heterocycles. The van der Waals surface area contributed by atoms with E-state index in [-0.39, 0.29) is 11.1 Å². The van der Waals surface area contributed by atoms with Crippen LogP contribution in [0.3, 0.4) is 0 Å². The van der Waals surface area contributed by atoms with Crippen molar-refractivity contribution in [2.75, 3.05) is 0 Å². The number of hydrogen-bond donors (Lipinski definition) is 1. The maximum atomic E-state index is 13.4. The molecule has 106 valence electrons. The second-order valence-electron chi connectivity index (χ2n) is 4.61. The molecular weight excluding hydrogens is 345 g/mol. The van der Waals surface area contributed by atoms with Gasteiger partial charge in [-0.25, -0.2) is 4.39 Å². The van der Waals surface area contributed by atoms with Crippen molar-refractivity contribution in [2.45, 2.75) is 19.4 Å². The third-order valence-corrected chi connectivity index (χ3v) is 3.48. The molecule has 1 unspecified atom stereocenters. The van der Waals surface area contributed by atoms with Gasteiger partial charge in [-0.1, -0.05) is 27.5 Å². The normalized spacial score (nSPS) is 12.2. The lowest BCUT2D eigenvalue weighted by Crippen LogP contribution is -2.18. The highest BCUT2D eigenvalue weighted by Gasteiger charge is 2.09. The van der Waals surface area contributed by atoms with E-state index in [9.17, 15) is 4.39 Å². The SMILES string of the molecule is CC(N)Cc1cc(Br)ccc1Oc1ccc(Cl)c(F)c1. The molecule has 0 amide bonds. The molecule has 0 saturated carbocycles. The van der Waals surface area contributed by atoms with Gasteiger partial charge in [0.25, 0.3) is 0 Å². The van der Waals surface area contributed by atoms with E-state index in [1.165, 1.54) is 12.1 Å². The van der Waals surface area contributed by atoms with Gasteiger partial charge >= 0.3 is 0 Å². The van der Waals surface area contributed by atoms with E-state index in [1.807, 2.05) is 25.1 Å². The minimum absolute atomic E-state index is 0.00797. The molecule has 0 aliphatic heterocycles. The monoisotopic (exact) mass is 357 g/mol. The standard InChI is InChI=1S/C15H14BrClFNO/c1-9(19)6-10-7-11(16)2-5-15(10)20-12-3-4-13(17)14(18)8-12/h2-5,7-9H,6,19H2,1H3. The average Bonchev–Trinajstić information content (AvgIpc) is 2.36. The Kier molecular flexibility index (Phi) is 5.02. The van der Waals surface area contributed by atoms with Crippen LogP contribution in [0.2, 0.25) is 5.02 Å². The second-order valence-corrected chi connectivity index (χ2v) is 5.93. The molecule has 1 atom stereocenters. The first-order valence-electron chi connectivity index (χ1n) is 6.12. The van der Waals surface area contributed by atoms with Crippen molar-refractivity contribution in [1.82, 2.24) is 0 Å². The molecule has 0 bridgehead atoms. The lowest BCUT2D eigenvalue weighted by atomic mass is 10.1. The smallest absolute Gasteiger partial charge is 0.145 e. The molecule has 0 spiro atoms. The molecule has 2 nitrogen and oxygen atoms in total. The van der Waals surface area contributed by atoms with Crippen molar-refractivity contribution in [3.05, 3.63) is 57.3 Å². The van der Waals surface area contributed by atoms with Crippen LogP contribution in [0.5, 0.6) is 11.5 Å². The number of nitrogens with two attached hydrogens (primary N) is 1. The molecule has 0 radical (unpaired) electrons. The summed E-state index contributed by atoms with van der Waals surface area (Å²) in [5.74, 6) is 0.558. The van der Waals surface area contributed by atoms with E-state index >= 15 is 0 Å². The number of halogens is 3. The zero-order valence-electron chi connectivity index (χ0n) is 10.9. The molecule has 2 rings (SSSR count). The van der Waals surface area contributed by atoms with Crippen LogP contribution in [-0.4, -0.2) is 6.04 Å². The average molecular weight is 359 g/mol. The molecule has 0 saturated heterocycles. The molecule has 0 aliphatic rings. The molecule has 20 heavy (non-hydrogen) atoms. The predicted octanol–water partition coefficient (Wildman–Crippen LogP) is 4.92. The second kappa shape index (κ2) is 6.57. The number of ether oxygens (including phenoxy) is 1.